The van der Waals surface area contributed by atoms with E-state index in [0.29, 0.717) is 33.7 Å². The number of rotatable bonds is 6. The lowest BCUT2D eigenvalue weighted by Crippen LogP contribution is -2.29. The topological polar surface area (TPSA) is 75.4 Å². The lowest BCUT2D eigenvalue weighted by Gasteiger charge is -2.19. The van der Waals surface area contributed by atoms with Crippen LogP contribution in [0.5, 0.6) is 0 Å². The number of carbonyl (C=O) groups is 1. The minimum atomic E-state index is -4.51. The summed E-state index contributed by atoms with van der Waals surface area (Å²) in [7, 11) is 0. The molecule has 5 nitrogen and oxygen atoms in total. The SMILES string of the molecule is O=C(O)N[C@H](Cc1cccc(C(F)(F)F)c1)c1c(-c2ccccc2)noc1-c1ccc(Br)cc1. The van der Waals surface area contributed by atoms with Gasteiger partial charge in [-0.15, -0.1) is 0 Å². The molecule has 4 aromatic rings. The lowest BCUT2D eigenvalue weighted by molar-refractivity contribution is -0.137. The molecule has 9 heteroatoms. The molecule has 0 saturated carbocycles. The van der Waals surface area contributed by atoms with Crippen LogP contribution in [0.3, 0.4) is 0 Å². The Hall–Kier alpha value is -3.59. The Morgan fingerprint density at radius 2 is 1.71 bits per heavy atom. The van der Waals surface area contributed by atoms with Crippen LogP contribution in [0.15, 0.2) is 87.9 Å². The van der Waals surface area contributed by atoms with Crippen LogP contribution < -0.4 is 5.32 Å². The van der Waals surface area contributed by atoms with E-state index in [9.17, 15) is 23.1 Å². The van der Waals surface area contributed by atoms with E-state index < -0.39 is 23.9 Å². The van der Waals surface area contributed by atoms with Gasteiger partial charge in [-0.25, -0.2) is 4.79 Å². The van der Waals surface area contributed by atoms with Crippen molar-refractivity contribution in [3.8, 4) is 22.6 Å². The Morgan fingerprint density at radius 1 is 1.00 bits per heavy atom. The molecular formula is C25H18BrF3N2O3. The van der Waals surface area contributed by atoms with Crippen LogP contribution in [0, 0.1) is 0 Å². The molecule has 0 bridgehead atoms. The van der Waals surface area contributed by atoms with E-state index in [4.69, 9.17) is 4.52 Å². The highest BCUT2D eigenvalue weighted by Gasteiger charge is 2.32. The number of hydrogen-bond donors (Lipinski definition) is 2. The van der Waals surface area contributed by atoms with Gasteiger partial charge in [0.1, 0.15) is 5.69 Å². The van der Waals surface area contributed by atoms with Gasteiger partial charge in [-0.05, 0) is 30.2 Å². The lowest BCUT2D eigenvalue weighted by atomic mass is 9.92. The molecule has 0 aliphatic rings. The smallest absolute Gasteiger partial charge is 0.416 e. The highest BCUT2D eigenvalue weighted by atomic mass is 79.9. The summed E-state index contributed by atoms with van der Waals surface area (Å²) in [5.74, 6) is 0.331. The summed E-state index contributed by atoms with van der Waals surface area (Å²) in [4.78, 5) is 11.7. The average molecular weight is 531 g/mol. The van der Waals surface area contributed by atoms with Crippen molar-refractivity contribution in [1.82, 2.24) is 10.5 Å². The number of aromatic nitrogens is 1. The van der Waals surface area contributed by atoms with Crippen molar-refractivity contribution in [3.63, 3.8) is 0 Å². The second-order valence-electron chi connectivity index (χ2n) is 7.55. The summed E-state index contributed by atoms with van der Waals surface area (Å²) in [6, 6.07) is 20.1. The van der Waals surface area contributed by atoms with E-state index in [1.54, 1.807) is 48.5 Å². The van der Waals surface area contributed by atoms with Crippen LogP contribution in [-0.2, 0) is 12.6 Å². The summed E-state index contributed by atoms with van der Waals surface area (Å²) in [5.41, 5.74) is 1.69. The molecule has 3 aromatic carbocycles. The Balaban J connectivity index is 1.85. The molecule has 174 valence electrons. The summed E-state index contributed by atoms with van der Waals surface area (Å²) >= 11 is 3.38. The fourth-order valence-corrected chi connectivity index (χ4v) is 3.98. The van der Waals surface area contributed by atoms with Gasteiger partial charge < -0.3 is 14.9 Å². The van der Waals surface area contributed by atoms with Gasteiger partial charge in [-0.2, -0.15) is 13.2 Å². The maximum absolute atomic E-state index is 13.3. The minimum Gasteiger partial charge on any atom is -0.465 e. The second kappa shape index (κ2) is 9.72. The third kappa shape index (κ3) is 5.31. The molecule has 1 amide bonds. The minimum absolute atomic E-state index is 0.0409. The average Bonchev–Trinajstić information content (AvgIpc) is 3.24. The number of amides is 1. The van der Waals surface area contributed by atoms with Crippen LogP contribution >= 0.6 is 15.9 Å². The zero-order valence-corrected chi connectivity index (χ0v) is 19.1. The van der Waals surface area contributed by atoms with E-state index in [2.05, 4.69) is 26.4 Å². The third-order valence-corrected chi connectivity index (χ3v) is 5.75. The number of halogens is 4. The molecule has 0 spiro atoms. The number of hydrogen-bond acceptors (Lipinski definition) is 3. The van der Waals surface area contributed by atoms with Crippen LogP contribution in [0.4, 0.5) is 18.0 Å². The molecule has 4 rings (SSSR count). The number of nitrogens with zero attached hydrogens (tertiary/aromatic N) is 1. The molecule has 0 unspecified atom stereocenters. The first-order chi connectivity index (χ1) is 16.2. The molecule has 1 heterocycles. The monoisotopic (exact) mass is 530 g/mol. The Morgan fingerprint density at radius 3 is 2.35 bits per heavy atom. The van der Waals surface area contributed by atoms with Gasteiger partial charge in [0.05, 0.1) is 17.2 Å². The largest absolute Gasteiger partial charge is 0.465 e. The Labute approximate surface area is 201 Å². The van der Waals surface area contributed by atoms with Crippen molar-refractivity contribution >= 4 is 22.0 Å². The van der Waals surface area contributed by atoms with Gasteiger partial charge in [0, 0.05) is 15.6 Å². The van der Waals surface area contributed by atoms with E-state index >= 15 is 0 Å². The molecule has 2 N–H and O–H groups in total. The van der Waals surface area contributed by atoms with Gasteiger partial charge in [0.15, 0.2) is 5.76 Å². The van der Waals surface area contributed by atoms with Crippen molar-refractivity contribution in [1.29, 1.82) is 0 Å². The number of carboxylic acid groups (broad SMARTS) is 1. The second-order valence-corrected chi connectivity index (χ2v) is 8.47. The van der Waals surface area contributed by atoms with Gasteiger partial charge in [0.2, 0.25) is 0 Å². The van der Waals surface area contributed by atoms with E-state index in [0.717, 1.165) is 16.6 Å². The van der Waals surface area contributed by atoms with Crippen molar-refractivity contribution in [2.45, 2.75) is 18.6 Å². The van der Waals surface area contributed by atoms with Crippen molar-refractivity contribution in [3.05, 3.63) is 100 Å². The molecule has 34 heavy (non-hydrogen) atoms. The van der Waals surface area contributed by atoms with Crippen LogP contribution in [-0.4, -0.2) is 16.4 Å². The number of nitrogens with one attached hydrogen (secondary N) is 1. The molecular weight excluding hydrogens is 513 g/mol. The van der Waals surface area contributed by atoms with Gasteiger partial charge in [-0.3, -0.25) is 0 Å². The molecule has 0 saturated heterocycles. The molecule has 1 atom stereocenters. The zero-order chi connectivity index (χ0) is 24.3. The normalized spacial score (nSPS) is 12.4. The first kappa shape index (κ1) is 23.6. The summed E-state index contributed by atoms with van der Waals surface area (Å²) in [6.45, 7) is 0. The molecule has 0 radical (unpaired) electrons. The summed E-state index contributed by atoms with van der Waals surface area (Å²) < 4.78 is 46.3. The Kier molecular flexibility index (Phi) is 6.74. The molecule has 0 aliphatic heterocycles. The molecule has 0 fully saturated rings. The highest BCUT2D eigenvalue weighted by molar-refractivity contribution is 9.10. The fraction of sp³-hybridized carbons (Fsp3) is 0.120. The maximum Gasteiger partial charge on any atom is 0.416 e. The van der Waals surface area contributed by atoms with Crippen molar-refractivity contribution in [2.75, 3.05) is 0 Å². The summed E-state index contributed by atoms with van der Waals surface area (Å²) in [6.07, 6.45) is -5.87. The van der Waals surface area contributed by atoms with E-state index in [1.807, 2.05) is 6.07 Å². The number of alkyl halides is 3. The zero-order valence-electron chi connectivity index (χ0n) is 17.5. The van der Waals surface area contributed by atoms with Crippen molar-refractivity contribution < 1.29 is 27.6 Å². The predicted octanol–water partition coefficient (Wildman–Crippen LogP) is 7.34. The van der Waals surface area contributed by atoms with Crippen LogP contribution in [0.25, 0.3) is 22.6 Å². The predicted molar refractivity (Wildman–Crippen MR) is 124 cm³/mol. The van der Waals surface area contributed by atoms with Gasteiger partial charge >= 0.3 is 12.3 Å². The molecule has 1 aromatic heterocycles. The van der Waals surface area contributed by atoms with E-state index in [1.165, 1.54) is 12.1 Å². The maximum atomic E-state index is 13.3. The van der Waals surface area contributed by atoms with Crippen molar-refractivity contribution in [2.24, 2.45) is 0 Å². The molecule has 0 aliphatic carbocycles. The summed E-state index contributed by atoms with van der Waals surface area (Å²) in [5, 5.41) is 16.2. The highest BCUT2D eigenvalue weighted by Crippen LogP contribution is 2.39. The van der Waals surface area contributed by atoms with Gasteiger partial charge in [-0.1, -0.05) is 81.8 Å². The van der Waals surface area contributed by atoms with Crippen LogP contribution in [0.2, 0.25) is 0 Å². The fourth-order valence-electron chi connectivity index (χ4n) is 3.72. The van der Waals surface area contributed by atoms with E-state index in [-0.39, 0.29) is 6.42 Å². The number of benzene rings is 3. The Bertz CT molecular complexity index is 1290. The standard InChI is InChI=1S/C25H18BrF3N2O3/c26-19-11-9-17(10-12-19)23-21(22(31-34-23)16-6-2-1-3-7-16)20(30-24(32)33)14-15-5-4-8-18(13-15)25(27,28)29/h1-13,20,30H,14H2,(H,32,33)/t20-/m1/s1. The quantitative estimate of drug-likeness (QED) is 0.273. The van der Waals surface area contributed by atoms with Crippen LogP contribution in [0.1, 0.15) is 22.7 Å². The van der Waals surface area contributed by atoms with Gasteiger partial charge in [0.25, 0.3) is 0 Å². The first-order valence-electron chi connectivity index (χ1n) is 10.2. The first-order valence-corrected chi connectivity index (χ1v) is 11.0. The third-order valence-electron chi connectivity index (χ3n) is 5.22.